The van der Waals surface area contributed by atoms with Crippen molar-refractivity contribution < 1.29 is 19.4 Å². The lowest BCUT2D eigenvalue weighted by atomic mass is 9.94. The molecule has 0 aliphatic rings. The summed E-state index contributed by atoms with van der Waals surface area (Å²) in [4.78, 5) is 11.6. The van der Waals surface area contributed by atoms with Gasteiger partial charge in [0.25, 0.3) is 0 Å². The smallest absolute Gasteiger partial charge is 0.336 e. The van der Waals surface area contributed by atoms with Crippen LogP contribution in [0.1, 0.15) is 33.3 Å². The molecule has 0 spiro atoms. The Bertz CT molecular complexity index is 791. The van der Waals surface area contributed by atoms with Crippen LogP contribution in [0.2, 0.25) is 0 Å². The highest BCUT2D eigenvalue weighted by atomic mass is 16.5. The van der Waals surface area contributed by atoms with Crippen molar-refractivity contribution >= 4 is 11.0 Å². The Morgan fingerprint density at radius 3 is 2.58 bits per heavy atom. The first kappa shape index (κ1) is 18.2. The van der Waals surface area contributed by atoms with Crippen LogP contribution in [0.3, 0.4) is 0 Å². The Hall–Kier alpha value is -2.11. The minimum atomic E-state index is -1.28. The Balaban J connectivity index is 2.49. The molecule has 1 heterocycles. The van der Waals surface area contributed by atoms with Gasteiger partial charge in [0, 0.05) is 23.4 Å². The fourth-order valence-electron chi connectivity index (χ4n) is 2.24. The largest absolute Gasteiger partial charge is 0.489 e. The highest BCUT2D eigenvalue weighted by molar-refractivity contribution is 5.82. The standard InChI is InChI=1S/C19H24O5/c1-12(2)9-10-23-15-7-5-13-6-8-17(21)24-18(13)14(15)11-16(20)19(3,4)22/h5-9,16,20,22H,10-11H2,1-4H3. The number of hydrogen-bond acceptors (Lipinski definition) is 5. The van der Waals surface area contributed by atoms with Crippen LogP contribution in [0.4, 0.5) is 0 Å². The van der Waals surface area contributed by atoms with Crippen LogP contribution in [0.5, 0.6) is 5.75 Å². The SMILES string of the molecule is CC(C)=CCOc1ccc2ccc(=O)oc2c1CC(O)C(C)(C)O. The Morgan fingerprint density at radius 1 is 1.29 bits per heavy atom. The van der Waals surface area contributed by atoms with E-state index in [1.54, 1.807) is 18.2 Å². The van der Waals surface area contributed by atoms with Gasteiger partial charge in [-0.3, -0.25) is 0 Å². The second kappa shape index (κ2) is 7.20. The van der Waals surface area contributed by atoms with Gasteiger partial charge in [0.15, 0.2) is 0 Å². The number of rotatable bonds is 6. The van der Waals surface area contributed by atoms with Gasteiger partial charge >= 0.3 is 5.63 Å². The van der Waals surface area contributed by atoms with Crippen LogP contribution in [0, 0.1) is 0 Å². The van der Waals surface area contributed by atoms with E-state index in [-0.39, 0.29) is 6.42 Å². The van der Waals surface area contributed by atoms with Gasteiger partial charge in [0.1, 0.15) is 17.9 Å². The molecule has 5 heteroatoms. The molecule has 2 N–H and O–H groups in total. The van der Waals surface area contributed by atoms with Crippen LogP contribution >= 0.6 is 0 Å². The maximum atomic E-state index is 11.6. The molecule has 0 saturated carbocycles. The van der Waals surface area contributed by atoms with Crippen molar-refractivity contribution in [2.45, 2.75) is 45.8 Å². The zero-order valence-corrected chi connectivity index (χ0v) is 14.5. The summed E-state index contributed by atoms with van der Waals surface area (Å²) >= 11 is 0. The van der Waals surface area contributed by atoms with Crippen LogP contribution in [0.15, 0.2) is 45.1 Å². The molecule has 5 nitrogen and oxygen atoms in total. The van der Waals surface area contributed by atoms with E-state index in [9.17, 15) is 15.0 Å². The maximum Gasteiger partial charge on any atom is 0.336 e. The van der Waals surface area contributed by atoms with Crippen LogP contribution in [-0.2, 0) is 6.42 Å². The lowest BCUT2D eigenvalue weighted by Gasteiger charge is -2.25. The first-order valence-electron chi connectivity index (χ1n) is 7.91. The van der Waals surface area contributed by atoms with Crippen LogP contribution in [-0.4, -0.2) is 28.5 Å². The molecule has 0 aliphatic heterocycles. The highest BCUT2D eigenvalue weighted by Crippen LogP contribution is 2.30. The van der Waals surface area contributed by atoms with Gasteiger partial charge in [-0.25, -0.2) is 4.79 Å². The lowest BCUT2D eigenvalue weighted by molar-refractivity contribution is -0.0470. The Morgan fingerprint density at radius 2 is 1.96 bits per heavy atom. The van der Waals surface area contributed by atoms with Crippen LogP contribution in [0.25, 0.3) is 11.0 Å². The minimum Gasteiger partial charge on any atom is -0.489 e. The molecule has 1 atom stereocenters. The third-order valence-electron chi connectivity index (χ3n) is 3.79. The van der Waals surface area contributed by atoms with Crippen molar-refractivity contribution in [3.63, 3.8) is 0 Å². The maximum absolute atomic E-state index is 11.6. The van der Waals surface area contributed by atoms with Gasteiger partial charge < -0.3 is 19.4 Å². The molecule has 0 amide bonds. The van der Waals surface area contributed by atoms with Crippen molar-refractivity contribution in [1.82, 2.24) is 0 Å². The van der Waals surface area contributed by atoms with Gasteiger partial charge in [0.2, 0.25) is 0 Å². The van der Waals surface area contributed by atoms with Crippen molar-refractivity contribution in [1.29, 1.82) is 0 Å². The van der Waals surface area contributed by atoms with Crippen molar-refractivity contribution in [3.8, 4) is 5.75 Å². The van der Waals surface area contributed by atoms with Gasteiger partial charge in [-0.1, -0.05) is 5.57 Å². The summed E-state index contributed by atoms with van der Waals surface area (Å²) in [5, 5.41) is 21.0. The van der Waals surface area contributed by atoms with Gasteiger partial charge in [-0.05, 0) is 52.0 Å². The average molecular weight is 332 g/mol. The first-order valence-corrected chi connectivity index (χ1v) is 7.91. The minimum absolute atomic E-state index is 0.109. The van der Waals surface area contributed by atoms with Crippen molar-refractivity contribution in [2.75, 3.05) is 6.61 Å². The van der Waals surface area contributed by atoms with E-state index in [1.165, 1.54) is 19.9 Å². The number of fused-ring (bicyclic) bond motifs is 1. The summed E-state index contributed by atoms with van der Waals surface area (Å²) < 4.78 is 11.1. The summed E-state index contributed by atoms with van der Waals surface area (Å²) in [6.45, 7) is 7.38. The van der Waals surface area contributed by atoms with E-state index in [0.717, 1.165) is 11.0 Å². The molecule has 24 heavy (non-hydrogen) atoms. The van der Waals surface area contributed by atoms with E-state index in [0.29, 0.717) is 23.5 Å². The van der Waals surface area contributed by atoms with Gasteiger partial charge in [-0.2, -0.15) is 0 Å². The first-order chi connectivity index (χ1) is 11.2. The molecule has 0 bridgehead atoms. The number of aliphatic hydroxyl groups is 2. The van der Waals surface area contributed by atoms with Crippen LogP contribution < -0.4 is 10.4 Å². The highest BCUT2D eigenvalue weighted by Gasteiger charge is 2.27. The summed E-state index contributed by atoms with van der Waals surface area (Å²) in [5.74, 6) is 0.526. The number of hydrogen-bond donors (Lipinski definition) is 2. The van der Waals surface area contributed by atoms with E-state index >= 15 is 0 Å². The number of ether oxygens (including phenoxy) is 1. The van der Waals surface area contributed by atoms with Crippen molar-refractivity contribution in [3.05, 3.63) is 51.9 Å². The predicted octanol–water partition coefficient (Wildman–Crippen LogP) is 2.81. The van der Waals surface area contributed by atoms with E-state index in [4.69, 9.17) is 9.15 Å². The molecule has 2 rings (SSSR count). The van der Waals surface area contributed by atoms with Crippen molar-refractivity contribution in [2.24, 2.45) is 0 Å². The zero-order valence-electron chi connectivity index (χ0n) is 14.5. The number of aliphatic hydroxyl groups excluding tert-OH is 1. The average Bonchev–Trinajstić information content (AvgIpc) is 2.47. The van der Waals surface area contributed by atoms with Gasteiger partial charge in [0.05, 0.1) is 11.7 Å². The molecule has 0 radical (unpaired) electrons. The molecule has 0 saturated heterocycles. The van der Waals surface area contributed by atoms with E-state index in [2.05, 4.69) is 0 Å². The summed E-state index contributed by atoms with van der Waals surface area (Å²) in [6.07, 6.45) is 1.01. The monoisotopic (exact) mass is 332 g/mol. The molecule has 2 aromatic rings. The quantitative estimate of drug-likeness (QED) is 0.628. The van der Waals surface area contributed by atoms with Gasteiger partial charge in [-0.15, -0.1) is 0 Å². The Labute approximate surface area is 141 Å². The molecule has 1 aromatic carbocycles. The predicted molar refractivity (Wildman–Crippen MR) is 93.4 cm³/mol. The molecule has 1 aromatic heterocycles. The fourth-order valence-corrected chi connectivity index (χ4v) is 2.24. The molecule has 0 fully saturated rings. The molecular weight excluding hydrogens is 308 g/mol. The third kappa shape index (κ3) is 4.46. The second-order valence-electron chi connectivity index (χ2n) is 6.68. The summed E-state index contributed by atoms with van der Waals surface area (Å²) in [5.41, 5.74) is 0.319. The van der Waals surface area contributed by atoms with E-state index in [1.807, 2.05) is 19.9 Å². The third-order valence-corrected chi connectivity index (χ3v) is 3.79. The fraction of sp³-hybridized carbons (Fsp3) is 0.421. The second-order valence-corrected chi connectivity index (χ2v) is 6.68. The normalized spacial score (nSPS) is 12.9. The summed E-state index contributed by atoms with van der Waals surface area (Å²) in [6, 6.07) is 6.60. The molecular formula is C19H24O5. The lowest BCUT2D eigenvalue weighted by Crippen LogP contribution is -2.37. The Kier molecular flexibility index (Phi) is 5.47. The molecule has 0 aliphatic carbocycles. The van der Waals surface area contributed by atoms with E-state index < -0.39 is 17.3 Å². The topological polar surface area (TPSA) is 79.9 Å². The molecule has 1 unspecified atom stereocenters. The zero-order chi connectivity index (χ0) is 17.9. The number of benzene rings is 1. The summed E-state index contributed by atoms with van der Waals surface area (Å²) in [7, 11) is 0. The number of allylic oxidation sites excluding steroid dienone is 1. The molecule has 130 valence electrons.